The summed E-state index contributed by atoms with van der Waals surface area (Å²) in [4.78, 5) is 0. The normalized spacial score (nSPS) is 10.6. The molecule has 0 aliphatic rings. The summed E-state index contributed by atoms with van der Waals surface area (Å²) in [7, 11) is 0. The molecular weight excluding hydrogens is 229 g/mol. The molecule has 0 aliphatic heterocycles. The maximum atomic E-state index is 13.3. The van der Waals surface area contributed by atoms with E-state index in [9.17, 15) is 4.39 Å². The summed E-state index contributed by atoms with van der Waals surface area (Å²) in [5, 5.41) is 0. The van der Waals surface area contributed by atoms with Crippen LogP contribution in [0.5, 0.6) is 0 Å². The Labute approximate surface area is 106 Å². The summed E-state index contributed by atoms with van der Waals surface area (Å²) in [5.41, 5.74) is 8.25. The first-order chi connectivity index (χ1) is 8.79. The van der Waals surface area contributed by atoms with Crippen LogP contribution in [0.1, 0.15) is 16.7 Å². The first-order valence-electron chi connectivity index (χ1n) is 5.88. The van der Waals surface area contributed by atoms with Crippen LogP contribution in [0, 0.1) is 5.82 Å². The Morgan fingerprint density at radius 1 is 0.889 bits per heavy atom. The molecule has 0 aliphatic carbocycles. The van der Waals surface area contributed by atoms with Crippen molar-refractivity contribution in [2.75, 3.05) is 0 Å². The fourth-order valence-corrected chi connectivity index (χ4v) is 1.67. The molecule has 0 saturated carbocycles. The topological polar surface area (TPSA) is 35.2 Å². The van der Waals surface area contributed by atoms with E-state index in [-0.39, 0.29) is 12.4 Å². The first-order valence-corrected chi connectivity index (χ1v) is 5.88. The van der Waals surface area contributed by atoms with Crippen LogP contribution in [0.2, 0.25) is 0 Å². The maximum Gasteiger partial charge on any atom is 0.128 e. The minimum absolute atomic E-state index is 0.226. The Hall–Kier alpha value is -1.71. The van der Waals surface area contributed by atoms with E-state index in [4.69, 9.17) is 10.5 Å². The van der Waals surface area contributed by atoms with Gasteiger partial charge in [-0.2, -0.15) is 0 Å². The monoisotopic (exact) mass is 245 g/mol. The molecule has 0 amide bonds. The molecule has 0 atom stereocenters. The maximum absolute atomic E-state index is 13.3. The van der Waals surface area contributed by atoms with Crippen molar-refractivity contribution in [1.82, 2.24) is 0 Å². The van der Waals surface area contributed by atoms with Gasteiger partial charge in [0.25, 0.3) is 0 Å². The third-order valence-corrected chi connectivity index (χ3v) is 2.74. The highest BCUT2D eigenvalue weighted by molar-refractivity contribution is 5.22. The van der Waals surface area contributed by atoms with E-state index >= 15 is 0 Å². The van der Waals surface area contributed by atoms with E-state index < -0.39 is 0 Å². The van der Waals surface area contributed by atoms with Gasteiger partial charge in [-0.15, -0.1) is 0 Å². The zero-order valence-electron chi connectivity index (χ0n) is 10.1. The molecule has 2 N–H and O–H groups in total. The molecule has 3 heteroatoms. The molecule has 2 rings (SSSR count). The lowest BCUT2D eigenvalue weighted by atomic mass is 10.1. The van der Waals surface area contributed by atoms with Gasteiger partial charge in [-0.05, 0) is 17.2 Å². The summed E-state index contributed by atoms with van der Waals surface area (Å²) in [6, 6.07) is 14.5. The summed E-state index contributed by atoms with van der Waals surface area (Å²) in [6.07, 6.45) is 0. The third-order valence-electron chi connectivity index (χ3n) is 2.74. The van der Waals surface area contributed by atoms with Crippen molar-refractivity contribution in [1.29, 1.82) is 0 Å². The summed E-state index contributed by atoms with van der Waals surface area (Å²) in [6.45, 7) is 1.29. The molecule has 2 nitrogen and oxygen atoms in total. The standard InChI is InChI=1S/C15H16FNO/c16-15-4-2-1-3-14(15)11-18-10-13-7-5-12(9-17)6-8-13/h1-8H,9-11,17H2. The number of hydrogen-bond donors (Lipinski definition) is 1. The number of nitrogens with two attached hydrogens (primary N) is 1. The Bertz CT molecular complexity index is 496. The smallest absolute Gasteiger partial charge is 0.128 e. The quantitative estimate of drug-likeness (QED) is 0.878. The molecule has 0 bridgehead atoms. The van der Waals surface area contributed by atoms with Gasteiger partial charge in [0.2, 0.25) is 0 Å². The minimum atomic E-state index is -0.226. The highest BCUT2D eigenvalue weighted by Gasteiger charge is 2.00. The van der Waals surface area contributed by atoms with E-state index in [1.807, 2.05) is 24.3 Å². The average Bonchev–Trinajstić information content (AvgIpc) is 2.42. The lowest BCUT2D eigenvalue weighted by Crippen LogP contribution is -1.98. The Kier molecular flexibility index (Phi) is 4.45. The predicted octanol–water partition coefficient (Wildman–Crippen LogP) is 3.00. The van der Waals surface area contributed by atoms with Crippen LogP contribution >= 0.6 is 0 Å². The van der Waals surface area contributed by atoms with E-state index in [0.717, 1.165) is 11.1 Å². The number of halogens is 1. The molecular formula is C15H16FNO. The Morgan fingerprint density at radius 2 is 1.56 bits per heavy atom. The molecule has 2 aromatic carbocycles. The minimum Gasteiger partial charge on any atom is -0.372 e. The van der Waals surface area contributed by atoms with Crippen molar-refractivity contribution in [3.63, 3.8) is 0 Å². The van der Waals surface area contributed by atoms with Crippen molar-refractivity contribution in [2.45, 2.75) is 19.8 Å². The Balaban J connectivity index is 1.86. The fourth-order valence-electron chi connectivity index (χ4n) is 1.67. The van der Waals surface area contributed by atoms with Crippen LogP contribution < -0.4 is 5.73 Å². The molecule has 0 fully saturated rings. The third kappa shape index (κ3) is 3.39. The number of hydrogen-bond acceptors (Lipinski definition) is 2. The van der Waals surface area contributed by atoms with Crippen LogP contribution in [0.15, 0.2) is 48.5 Å². The molecule has 0 saturated heterocycles. The second kappa shape index (κ2) is 6.28. The van der Waals surface area contributed by atoms with Gasteiger partial charge in [0.15, 0.2) is 0 Å². The van der Waals surface area contributed by atoms with Gasteiger partial charge in [0.05, 0.1) is 13.2 Å². The number of benzene rings is 2. The van der Waals surface area contributed by atoms with Gasteiger partial charge in [0, 0.05) is 12.1 Å². The summed E-state index contributed by atoms with van der Waals surface area (Å²) < 4.78 is 18.8. The average molecular weight is 245 g/mol. The SMILES string of the molecule is NCc1ccc(COCc2ccccc2F)cc1. The van der Waals surface area contributed by atoms with Gasteiger partial charge in [-0.25, -0.2) is 4.39 Å². The van der Waals surface area contributed by atoms with E-state index in [2.05, 4.69) is 0 Å². The summed E-state index contributed by atoms with van der Waals surface area (Å²) >= 11 is 0. The molecule has 0 unspecified atom stereocenters. The molecule has 2 aromatic rings. The highest BCUT2D eigenvalue weighted by Crippen LogP contribution is 2.10. The van der Waals surface area contributed by atoms with Gasteiger partial charge < -0.3 is 10.5 Å². The highest BCUT2D eigenvalue weighted by atomic mass is 19.1. The van der Waals surface area contributed by atoms with Crippen molar-refractivity contribution < 1.29 is 9.13 Å². The molecule has 0 spiro atoms. The zero-order chi connectivity index (χ0) is 12.8. The lowest BCUT2D eigenvalue weighted by molar-refractivity contribution is 0.105. The molecule has 0 heterocycles. The van der Waals surface area contributed by atoms with Crippen LogP contribution in [-0.2, 0) is 24.5 Å². The largest absolute Gasteiger partial charge is 0.372 e. The van der Waals surface area contributed by atoms with E-state index in [1.54, 1.807) is 18.2 Å². The van der Waals surface area contributed by atoms with Crippen LogP contribution in [-0.4, -0.2) is 0 Å². The van der Waals surface area contributed by atoms with Crippen molar-refractivity contribution in [3.8, 4) is 0 Å². The van der Waals surface area contributed by atoms with Crippen molar-refractivity contribution in [2.24, 2.45) is 5.73 Å². The van der Waals surface area contributed by atoms with E-state index in [1.165, 1.54) is 6.07 Å². The predicted molar refractivity (Wildman–Crippen MR) is 69.2 cm³/mol. The van der Waals surface area contributed by atoms with Crippen LogP contribution in [0.4, 0.5) is 4.39 Å². The molecule has 18 heavy (non-hydrogen) atoms. The second-order valence-corrected chi connectivity index (χ2v) is 4.10. The molecule has 0 aromatic heterocycles. The number of ether oxygens (including phenoxy) is 1. The van der Waals surface area contributed by atoms with Crippen LogP contribution in [0.3, 0.4) is 0 Å². The van der Waals surface area contributed by atoms with Crippen LogP contribution in [0.25, 0.3) is 0 Å². The number of rotatable bonds is 5. The van der Waals surface area contributed by atoms with Gasteiger partial charge >= 0.3 is 0 Å². The van der Waals surface area contributed by atoms with Gasteiger partial charge in [-0.3, -0.25) is 0 Å². The Morgan fingerprint density at radius 3 is 2.22 bits per heavy atom. The first kappa shape index (κ1) is 12.7. The second-order valence-electron chi connectivity index (χ2n) is 4.10. The fraction of sp³-hybridized carbons (Fsp3) is 0.200. The van der Waals surface area contributed by atoms with Crippen molar-refractivity contribution in [3.05, 3.63) is 71.0 Å². The summed E-state index contributed by atoms with van der Waals surface area (Å²) in [5.74, 6) is -0.226. The van der Waals surface area contributed by atoms with Gasteiger partial charge in [0.1, 0.15) is 5.82 Å². The zero-order valence-corrected chi connectivity index (χ0v) is 10.1. The van der Waals surface area contributed by atoms with Crippen molar-refractivity contribution >= 4 is 0 Å². The molecule has 94 valence electrons. The lowest BCUT2D eigenvalue weighted by Gasteiger charge is -2.06. The van der Waals surface area contributed by atoms with E-state index in [0.29, 0.717) is 18.7 Å². The molecule has 0 radical (unpaired) electrons. The van der Waals surface area contributed by atoms with Gasteiger partial charge in [-0.1, -0.05) is 42.5 Å².